The van der Waals surface area contributed by atoms with E-state index in [1.165, 1.54) is 6.07 Å². The first kappa shape index (κ1) is 17.1. The van der Waals surface area contributed by atoms with E-state index in [2.05, 4.69) is 0 Å². The van der Waals surface area contributed by atoms with Crippen LogP contribution in [0.25, 0.3) is 0 Å². The lowest BCUT2D eigenvalue weighted by Gasteiger charge is -2.06. The molecule has 0 radical (unpaired) electrons. The van der Waals surface area contributed by atoms with E-state index in [1.807, 2.05) is 0 Å². The van der Waals surface area contributed by atoms with Crippen molar-refractivity contribution in [2.24, 2.45) is 0 Å². The number of benzene rings is 2. The van der Waals surface area contributed by atoms with Gasteiger partial charge >= 0.3 is 0 Å². The molecule has 0 amide bonds. The van der Waals surface area contributed by atoms with Crippen molar-refractivity contribution in [2.45, 2.75) is 9.79 Å². The van der Waals surface area contributed by atoms with Crippen LogP contribution < -0.4 is 0 Å². The highest BCUT2D eigenvalue weighted by molar-refractivity contribution is 7.91. The molecule has 0 saturated carbocycles. The molecule has 0 aliphatic heterocycles. The molecule has 0 aromatic heterocycles. The minimum atomic E-state index is -4.30. The number of rotatable bonds is 4. The lowest BCUT2D eigenvalue weighted by atomic mass is 10.3. The summed E-state index contributed by atoms with van der Waals surface area (Å²) in [6.45, 7) is 0. The van der Waals surface area contributed by atoms with E-state index in [9.17, 15) is 28.6 Å². The number of nitro benzene ring substituents is 2. The lowest BCUT2D eigenvalue weighted by molar-refractivity contribution is -0.396. The van der Waals surface area contributed by atoms with Crippen LogP contribution >= 0.6 is 23.2 Å². The van der Waals surface area contributed by atoms with Crippen molar-refractivity contribution in [3.8, 4) is 0 Å². The van der Waals surface area contributed by atoms with E-state index in [0.29, 0.717) is 6.07 Å². The maximum atomic E-state index is 12.5. The Morgan fingerprint density at radius 2 is 1.52 bits per heavy atom. The average Bonchev–Trinajstić information content (AvgIpc) is 2.49. The second-order valence-corrected chi connectivity index (χ2v) is 6.98. The molecule has 0 aliphatic carbocycles. The molecule has 2 aromatic rings. The van der Waals surface area contributed by atoms with Crippen LogP contribution in [0.5, 0.6) is 0 Å². The third kappa shape index (κ3) is 3.26. The number of nitrogens with zero attached hydrogens (tertiary/aromatic N) is 2. The second kappa shape index (κ2) is 6.11. The van der Waals surface area contributed by atoms with Gasteiger partial charge in [-0.25, -0.2) is 8.42 Å². The van der Waals surface area contributed by atoms with Crippen molar-refractivity contribution in [1.82, 2.24) is 0 Å². The van der Waals surface area contributed by atoms with E-state index in [0.717, 1.165) is 24.3 Å². The summed E-state index contributed by atoms with van der Waals surface area (Å²) < 4.78 is 25.1. The SMILES string of the molecule is O=[N+]([O-])c1ccc(S(=O)(=O)c2ccc(Cl)c(Cl)c2)c([N+](=O)[O-])c1. The highest BCUT2D eigenvalue weighted by Gasteiger charge is 2.30. The molecule has 0 spiro atoms. The fourth-order valence-corrected chi connectivity index (χ4v) is 3.55. The van der Waals surface area contributed by atoms with Gasteiger partial charge in [0.2, 0.25) is 9.84 Å². The van der Waals surface area contributed by atoms with E-state index in [1.54, 1.807) is 0 Å². The zero-order valence-corrected chi connectivity index (χ0v) is 13.3. The van der Waals surface area contributed by atoms with Gasteiger partial charge in [0.25, 0.3) is 11.4 Å². The largest absolute Gasteiger partial charge is 0.295 e. The summed E-state index contributed by atoms with van der Waals surface area (Å²) in [6.07, 6.45) is 0. The van der Waals surface area contributed by atoms with Gasteiger partial charge in [0.15, 0.2) is 0 Å². The third-order valence-corrected chi connectivity index (χ3v) is 5.38. The molecule has 0 bridgehead atoms. The number of hydrogen-bond donors (Lipinski definition) is 0. The van der Waals surface area contributed by atoms with Crippen LogP contribution in [0.4, 0.5) is 11.4 Å². The Morgan fingerprint density at radius 1 is 0.870 bits per heavy atom. The molecule has 8 nitrogen and oxygen atoms in total. The Labute approximate surface area is 139 Å². The summed E-state index contributed by atoms with van der Waals surface area (Å²) in [5.41, 5.74) is -1.49. The predicted molar refractivity (Wildman–Crippen MR) is 81.7 cm³/mol. The van der Waals surface area contributed by atoms with E-state index in [-0.39, 0.29) is 14.9 Å². The van der Waals surface area contributed by atoms with Gasteiger partial charge in [0, 0.05) is 6.07 Å². The zero-order chi connectivity index (χ0) is 17.4. The van der Waals surface area contributed by atoms with Gasteiger partial charge < -0.3 is 0 Å². The Hall–Kier alpha value is -2.23. The molecule has 11 heteroatoms. The summed E-state index contributed by atoms with van der Waals surface area (Å²) in [4.78, 5) is 18.9. The lowest BCUT2D eigenvalue weighted by Crippen LogP contribution is -2.06. The highest BCUT2D eigenvalue weighted by atomic mass is 35.5. The zero-order valence-electron chi connectivity index (χ0n) is 11.0. The number of halogens is 2. The van der Waals surface area contributed by atoms with E-state index in [4.69, 9.17) is 23.2 Å². The van der Waals surface area contributed by atoms with E-state index < -0.39 is 36.0 Å². The first-order valence-corrected chi connectivity index (χ1v) is 8.01. The van der Waals surface area contributed by atoms with Gasteiger partial charge in [-0.05, 0) is 24.3 Å². The molecule has 0 atom stereocenters. The normalized spacial score (nSPS) is 11.2. The topological polar surface area (TPSA) is 120 Å². The Kier molecular flexibility index (Phi) is 4.55. The van der Waals surface area contributed by atoms with Crippen LogP contribution in [-0.4, -0.2) is 18.3 Å². The summed E-state index contributed by atoms with van der Waals surface area (Å²) >= 11 is 11.5. The Bertz CT molecular complexity index is 929. The Morgan fingerprint density at radius 3 is 2.04 bits per heavy atom. The van der Waals surface area contributed by atoms with Gasteiger partial charge in [-0.1, -0.05) is 23.2 Å². The summed E-state index contributed by atoms with van der Waals surface area (Å²) in [7, 11) is -4.30. The fourth-order valence-electron chi connectivity index (χ4n) is 1.76. The minimum Gasteiger partial charge on any atom is -0.258 e. The molecule has 2 rings (SSSR count). The maximum absolute atomic E-state index is 12.5. The molecule has 0 unspecified atom stereocenters. The van der Waals surface area contributed by atoms with E-state index >= 15 is 0 Å². The highest BCUT2D eigenvalue weighted by Crippen LogP contribution is 2.34. The van der Waals surface area contributed by atoms with Crippen molar-refractivity contribution < 1.29 is 18.3 Å². The first-order chi connectivity index (χ1) is 10.6. The molecule has 23 heavy (non-hydrogen) atoms. The van der Waals surface area contributed by atoms with Gasteiger partial charge in [-0.15, -0.1) is 0 Å². The smallest absolute Gasteiger partial charge is 0.258 e. The van der Waals surface area contributed by atoms with Crippen molar-refractivity contribution in [1.29, 1.82) is 0 Å². The summed E-state index contributed by atoms with van der Waals surface area (Å²) in [5, 5.41) is 21.8. The number of sulfone groups is 1. The third-order valence-electron chi connectivity index (χ3n) is 2.84. The van der Waals surface area contributed by atoms with Crippen LogP contribution in [-0.2, 0) is 9.84 Å². The number of nitro groups is 2. The van der Waals surface area contributed by atoms with Gasteiger partial charge in [0.05, 0.1) is 30.9 Å². The second-order valence-electron chi connectivity index (χ2n) is 4.25. The predicted octanol–water partition coefficient (Wildman–Crippen LogP) is 3.64. The van der Waals surface area contributed by atoms with Gasteiger partial charge in [-0.3, -0.25) is 20.2 Å². The van der Waals surface area contributed by atoms with Crippen LogP contribution in [0.3, 0.4) is 0 Å². The van der Waals surface area contributed by atoms with Crippen molar-refractivity contribution in [2.75, 3.05) is 0 Å². The quantitative estimate of drug-likeness (QED) is 0.592. The van der Waals surface area contributed by atoms with Crippen molar-refractivity contribution >= 4 is 44.4 Å². The Balaban J connectivity index is 2.70. The van der Waals surface area contributed by atoms with Crippen LogP contribution in [0.15, 0.2) is 46.2 Å². The van der Waals surface area contributed by atoms with Crippen LogP contribution in [0, 0.1) is 20.2 Å². The molecule has 0 N–H and O–H groups in total. The van der Waals surface area contributed by atoms with Gasteiger partial charge in [-0.2, -0.15) is 0 Å². The number of hydrogen-bond acceptors (Lipinski definition) is 6. The molecule has 0 saturated heterocycles. The molecular formula is C12H6Cl2N2O6S. The average molecular weight is 377 g/mol. The first-order valence-electron chi connectivity index (χ1n) is 5.77. The monoisotopic (exact) mass is 376 g/mol. The van der Waals surface area contributed by atoms with Crippen molar-refractivity contribution in [3.05, 3.63) is 66.7 Å². The molecule has 0 aliphatic rings. The molecule has 120 valence electrons. The summed E-state index contributed by atoms with van der Waals surface area (Å²) in [6, 6.07) is 5.68. The standard InChI is InChI=1S/C12H6Cl2N2O6S/c13-9-3-2-8(6-10(9)14)23(21,22)12-4-1-7(15(17)18)5-11(12)16(19)20/h1-6H. The summed E-state index contributed by atoms with van der Waals surface area (Å²) in [5.74, 6) is 0. The number of non-ortho nitro benzene ring substituents is 1. The maximum Gasteiger partial charge on any atom is 0.295 e. The molecular weight excluding hydrogens is 371 g/mol. The molecule has 0 heterocycles. The fraction of sp³-hybridized carbons (Fsp3) is 0. The van der Waals surface area contributed by atoms with Gasteiger partial charge in [0.1, 0.15) is 4.90 Å². The van der Waals surface area contributed by atoms with Crippen LogP contribution in [0.2, 0.25) is 10.0 Å². The van der Waals surface area contributed by atoms with Crippen molar-refractivity contribution in [3.63, 3.8) is 0 Å². The van der Waals surface area contributed by atoms with Crippen LogP contribution in [0.1, 0.15) is 0 Å². The minimum absolute atomic E-state index is 0.0442. The molecule has 0 fully saturated rings. The molecule has 2 aromatic carbocycles.